The molecular weight excluding hydrogens is 388 g/mol. The molecule has 0 radical (unpaired) electrons. The van der Waals surface area contributed by atoms with Crippen molar-refractivity contribution >= 4 is 27.8 Å². The molecule has 1 fully saturated rings. The van der Waals surface area contributed by atoms with Crippen molar-refractivity contribution in [2.45, 2.75) is 71.5 Å². The third kappa shape index (κ3) is 4.90. The second-order valence-corrected chi connectivity index (χ2v) is 11.1. The van der Waals surface area contributed by atoms with E-state index in [1.165, 1.54) is 0 Å². The van der Waals surface area contributed by atoms with Gasteiger partial charge in [-0.25, -0.2) is 8.93 Å². The van der Waals surface area contributed by atoms with Crippen molar-refractivity contribution in [1.29, 1.82) is 0 Å². The van der Waals surface area contributed by atoms with Crippen LogP contribution in [-0.4, -0.2) is 34.3 Å². The molecule has 6 nitrogen and oxygen atoms in total. The van der Waals surface area contributed by atoms with Crippen LogP contribution >= 0.6 is 0 Å². The largest absolute Gasteiger partial charge is 0.440 e. The topological polar surface area (TPSA) is 71.8 Å². The molecule has 2 aromatic rings. The van der Waals surface area contributed by atoms with Crippen molar-refractivity contribution in [3.8, 4) is 0 Å². The summed E-state index contributed by atoms with van der Waals surface area (Å²) in [5.41, 5.74) is 2.29. The Labute approximate surface area is 175 Å². The van der Waals surface area contributed by atoms with Crippen molar-refractivity contribution < 1.29 is 13.4 Å². The van der Waals surface area contributed by atoms with Gasteiger partial charge in [-0.05, 0) is 60.1 Å². The summed E-state index contributed by atoms with van der Waals surface area (Å²) in [5, 5.41) is 0.549. The lowest BCUT2D eigenvalue weighted by atomic mass is 10.0. The Kier molecular flexibility index (Phi) is 6.22. The lowest BCUT2D eigenvalue weighted by Gasteiger charge is -2.35. The Bertz CT molecular complexity index is 969. The van der Waals surface area contributed by atoms with Crippen LogP contribution in [0.2, 0.25) is 0 Å². The average Bonchev–Trinajstić information content (AvgIpc) is 2.59. The molecule has 0 amide bonds. The number of anilines is 1. The molecule has 160 valence electrons. The fourth-order valence-corrected chi connectivity index (χ4v) is 4.46. The fourth-order valence-electron chi connectivity index (χ4n) is 3.66. The zero-order valence-corrected chi connectivity index (χ0v) is 19.2. The number of nitrogens with zero attached hydrogens (tertiary/aromatic N) is 1. The molecule has 3 rings (SSSR count). The number of hydrogen-bond donors (Lipinski definition) is 1. The van der Waals surface area contributed by atoms with Gasteiger partial charge in [0.15, 0.2) is 11.3 Å². The van der Waals surface area contributed by atoms with Gasteiger partial charge in [-0.1, -0.05) is 6.07 Å². The van der Waals surface area contributed by atoms with Crippen LogP contribution in [0.3, 0.4) is 0 Å². The van der Waals surface area contributed by atoms with Gasteiger partial charge in [0, 0.05) is 30.8 Å². The average molecular weight is 421 g/mol. The molecule has 2 unspecified atom stereocenters. The summed E-state index contributed by atoms with van der Waals surface area (Å²) in [6.07, 6.45) is 0.124. The Morgan fingerprint density at radius 2 is 1.79 bits per heavy atom. The number of morpholine rings is 1. The first kappa shape index (κ1) is 22.0. The number of hydrogen-bond acceptors (Lipinski definition) is 5. The normalized spacial score (nSPS) is 22.7. The number of rotatable bonds is 4. The van der Waals surface area contributed by atoms with E-state index in [1.807, 2.05) is 60.6 Å². The van der Waals surface area contributed by atoms with Gasteiger partial charge in [-0.3, -0.25) is 4.79 Å². The second kappa shape index (κ2) is 8.20. The van der Waals surface area contributed by atoms with Crippen LogP contribution in [0.5, 0.6) is 0 Å². The van der Waals surface area contributed by atoms with Gasteiger partial charge in [-0.15, -0.1) is 0 Å². The van der Waals surface area contributed by atoms with Crippen LogP contribution in [0.15, 0.2) is 27.4 Å². The zero-order valence-electron chi connectivity index (χ0n) is 18.4. The van der Waals surface area contributed by atoms with E-state index in [4.69, 9.17) is 9.15 Å². The molecule has 29 heavy (non-hydrogen) atoms. The SMILES string of the molecule is Cc1cc(C(C)NS(=O)C(C)(C)C)c2oc(N3C[C@@H](C)O[C@@H](C)C3)cc(=O)c2c1. The van der Waals surface area contributed by atoms with Crippen molar-refractivity contribution in [2.24, 2.45) is 0 Å². The molecule has 0 spiro atoms. The highest BCUT2D eigenvalue weighted by Gasteiger charge is 2.26. The molecule has 1 aromatic heterocycles. The summed E-state index contributed by atoms with van der Waals surface area (Å²) in [4.78, 5) is 15.0. The highest BCUT2D eigenvalue weighted by Crippen LogP contribution is 2.30. The summed E-state index contributed by atoms with van der Waals surface area (Å²) in [7, 11) is -1.24. The van der Waals surface area contributed by atoms with E-state index in [-0.39, 0.29) is 28.4 Å². The van der Waals surface area contributed by atoms with Crippen molar-refractivity contribution in [2.75, 3.05) is 18.0 Å². The molecule has 4 atom stereocenters. The minimum absolute atomic E-state index is 0.0621. The first-order valence-corrected chi connectivity index (χ1v) is 11.3. The predicted molar refractivity (Wildman–Crippen MR) is 119 cm³/mol. The van der Waals surface area contributed by atoms with E-state index < -0.39 is 11.0 Å². The molecule has 1 aliphatic heterocycles. The first-order valence-electron chi connectivity index (χ1n) is 10.1. The van der Waals surface area contributed by atoms with Crippen LogP contribution < -0.4 is 15.1 Å². The standard InChI is InChI=1S/C22H32N2O4S/c1-13-8-17(16(4)23-29(26)22(5,6)7)21-18(9-13)19(25)10-20(28-21)24-11-14(2)27-15(3)12-24/h8-10,14-16,23H,11-12H2,1-7H3/t14-,15+,16?,29?. The molecule has 1 aliphatic rings. The van der Waals surface area contributed by atoms with Gasteiger partial charge in [-0.2, -0.15) is 0 Å². The Morgan fingerprint density at radius 3 is 2.38 bits per heavy atom. The fraction of sp³-hybridized carbons (Fsp3) is 0.591. The third-order valence-electron chi connectivity index (χ3n) is 5.03. The summed E-state index contributed by atoms with van der Waals surface area (Å²) in [5.74, 6) is 0.554. The number of nitrogens with one attached hydrogen (secondary N) is 1. The molecule has 7 heteroatoms. The van der Waals surface area contributed by atoms with Gasteiger partial charge in [0.2, 0.25) is 0 Å². The second-order valence-electron chi connectivity index (χ2n) is 9.06. The van der Waals surface area contributed by atoms with E-state index in [0.29, 0.717) is 29.9 Å². The maximum absolute atomic E-state index is 12.9. The molecule has 1 N–H and O–H groups in total. The van der Waals surface area contributed by atoms with Crippen LogP contribution in [0.25, 0.3) is 11.0 Å². The Balaban J connectivity index is 2.07. The van der Waals surface area contributed by atoms with Crippen molar-refractivity contribution in [3.05, 3.63) is 39.5 Å². The first-order chi connectivity index (χ1) is 13.5. The summed E-state index contributed by atoms with van der Waals surface area (Å²) < 4.78 is 27.5. The lowest BCUT2D eigenvalue weighted by molar-refractivity contribution is -0.00639. The molecule has 2 heterocycles. The number of fused-ring (bicyclic) bond motifs is 1. The van der Waals surface area contributed by atoms with Crippen LogP contribution in [0, 0.1) is 6.92 Å². The summed E-state index contributed by atoms with van der Waals surface area (Å²) >= 11 is 0. The Hall–Kier alpha value is -1.70. The molecule has 0 bridgehead atoms. The van der Waals surface area contributed by atoms with Crippen molar-refractivity contribution in [3.63, 3.8) is 0 Å². The van der Waals surface area contributed by atoms with Crippen molar-refractivity contribution in [1.82, 2.24) is 4.72 Å². The molecule has 1 aromatic carbocycles. The summed E-state index contributed by atoms with van der Waals surface area (Å²) in [6.45, 7) is 15.1. The predicted octanol–water partition coefficient (Wildman–Crippen LogP) is 3.83. The number of ether oxygens (including phenoxy) is 1. The van der Waals surface area contributed by atoms with Gasteiger partial charge >= 0.3 is 0 Å². The third-order valence-corrected chi connectivity index (χ3v) is 6.71. The van der Waals surface area contributed by atoms with Gasteiger partial charge in [0.25, 0.3) is 0 Å². The molecule has 0 saturated carbocycles. The van der Waals surface area contributed by atoms with E-state index in [0.717, 1.165) is 11.1 Å². The van der Waals surface area contributed by atoms with Crippen LogP contribution in [-0.2, 0) is 15.7 Å². The lowest BCUT2D eigenvalue weighted by Crippen LogP contribution is -2.45. The van der Waals surface area contributed by atoms with E-state index in [1.54, 1.807) is 6.07 Å². The van der Waals surface area contributed by atoms with Crippen LogP contribution in [0.4, 0.5) is 5.88 Å². The molecular formula is C22H32N2O4S. The molecule has 0 aliphatic carbocycles. The maximum Gasteiger partial charge on any atom is 0.200 e. The van der Waals surface area contributed by atoms with E-state index in [2.05, 4.69) is 9.62 Å². The minimum atomic E-state index is -1.24. The van der Waals surface area contributed by atoms with E-state index >= 15 is 0 Å². The number of aryl methyl sites for hydroxylation is 1. The monoisotopic (exact) mass is 420 g/mol. The minimum Gasteiger partial charge on any atom is -0.440 e. The highest BCUT2D eigenvalue weighted by atomic mass is 32.2. The van der Waals surface area contributed by atoms with Gasteiger partial charge in [0.05, 0.1) is 33.3 Å². The smallest absolute Gasteiger partial charge is 0.200 e. The van der Waals surface area contributed by atoms with Gasteiger partial charge < -0.3 is 14.1 Å². The zero-order chi connectivity index (χ0) is 21.5. The maximum atomic E-state index is 12.9. The van der Waals surface area contributed by atoms with Gasteiger partial charge in [0.1, 0.15) is 5.58 Å². The highest BCUT2D eigenvalue weighted by molar-refractivity contribution is 7.84. The Morgan fingerprint density at radius 1 is 1.17 bits per heavy atom. The number of benzene rings is 1. The quantitative estimate of drug-likeness (QED) is 0.814. The molecule has 1 saturated heterocycles. The summed E-state index contributed by atoms with van der Waals surface area (Å²) in [6, 6.07) is 5.18. The van der Waals surface area contributed by atoms with E-state index in [9.17, 15) is 9.00 Å². The van der Waals surface area contributed by atoms with Crippen LogP contribution in [0.1, 0.15) is 58.7 Å².